The molecule has 9 nitrogen and oxygen atoms in total. The van der Waals surface area contributed by atoms with Gasteiger partial charge in [-0.25, -0.2) is 35.7 Å². The maximum Gasteiger partial charge on any atom is 0.333 e. The quantitative estimate of drug-likeness (QED) is 0.122. The Kier molecular flexibility index (Phi) is 13.2. The number of thioether (sulfide) groups is 1. The van der Waals surface area contributed by atoms with E-state index in [0.717, 1.165) is 35.2 Å². The number of carbonyl (C=O) groups excluding carboxylic acids is 1. The van der Waals surface area contributed by atoms with Gasteiger partial charge in [0, 0.05) is 48.5 Å². The second kappa shape index (κ2) is 16.7. The minimum atomic E-state index is -4.59. The molecular formula is C36H43ClF3N5O4S2. The molecule has 0 aliphatic rings. The van der Waals surface area contributed by atoms with E-state index < -0.39 is 43.8 Å². The van der Waals surface area contributed by atoms with E-state index in [9.17, 15) is 17.6 Å². The summed E-state index contributed by atoms with van der Waals surface area (Å²) in [6.07, 6.45) is 0.462. The first-order valence-electron chi connectivity index (χ1n) is 16.5. The molecule has 4 rings (SSSR count). The van der Waals surface area contributed by atoms with Crippen LogP contribution in [0.25, 0.3) is 11.3 Å². The molecule has 15 heteroatoms. The highest BCUT2D eigenvalue weighted by molar-refractivity contribution is 7.98. The third-order valence-corrected chi connectivity index (χ3v) is 11.8. The number of hydrogen-bond donors (Lipinski definition) is 1. The number of nitrogens with zero attached hydrogens (tertiary/aromatic N) is 4. The van der Waals surface area contributed by atoms with Gasteiger partial charge in [-0.2, -0.15) is 0 Å². The van der Waals surface area contributed by atoms with Crippen LogP contribution in [-0.2, 0) is 27.7 Å². The fraction of sp³-hybridized carbons (Fsp3) is 0.389. The zero-order valence-electron chi connectivity index (χ0n) is 29.5. The van der Waals surface area contributed by atoms with Crippen LogP contribution in [0.1, 0.15) is 57.9 Å². The summed E-state index contributed by atoms with van der Waals surface area (Å²) >= 11 is 7.40. The lowest BCUT2D eigenvalue weighted by atomic mass is 9.79. The Labute approximate surface area is 307 Å². The predicted molar refractivity (Wildman–Crippen MR) is 195 cm³/mol. The SMILES string of the molecule is CCN(CCCN)C(=O)N(CC)S(=O)(=O)c1cc(F)c(CSc2nc(-c3ccc(F)cc3)c(C(C)(C)c3ccc(Cl)c(OC)c3)n2CC)c(F)c1. The first-order chi connectivity index (χ1) is 24.2. The van der Waals surface area contributed by atoms with E-state index in [-0.39, 0.29) is 31.0 Å². The summed E-state index contributed by atoms with van der Waals surface area (Å²) in [4.78, 5) is 18.7. The second-order valence-electron chi connectivity index (χ2n) is 12.1. The highest BCUT2D eigenvalue weighted by atomic mass is 35.5. The number of amides is 2. The number of sulfonamides is 1. The smallest absolute Gasteiger partial charge is 0.333 e. The molecule has 0 fully saturated rings. The molecule has 276 valence electrons. The molecule has 4 aromatic rings. The van der Waals surface area contributed by atoms with E-state index in [2.05, 4.69) is 0 Å². The standard InChI is InChI=1S/C36H43ClF3N5O4S2/c1-7-43(18-10-17-41)35(46)45(9-3)51(47,48)26-20-29(39)27(30(40)21-26)22-50-34-42-32(23-11-14-25(38)15-12-23)33(44(34)8-2)36(4,5)24-13-16-28(37)31(19-24)49-6/h11-16,19-21H,7-10,17-18,22,41H2,1-6H3. The van der Waals surface area contributed by atoms with Gasteiger partial charge < -0.3 is 19.9 Å². The number of urea groups is 1. The summed E-state index contributed by atoms with van der Waals surface area (Å²) in [5.41, 5.74) is 7.30. The van der Waals surface area contributed by atoms with Gasteiger partial charge >= 0.3 is 6.03 Å². The number of carbonyl (C=O) groups is 1. The lowest BCUT2D eigenvalue weighted by molar-refractivity contribution is 0.181. The summed E-state index contributed by atoms with van der Waals surface area (Å²) in [5, 5.41) is 0.884. The number of methoxy groups -OCH3 is 1. The average Bonchev–Trinajstić information content (AvgIpc) is 3.48. The van der Waals surface area contributed by atoms with Crippen LogP contribution in [0.4, 0.5) is 18.0 Å². The molecule has 0 bridgehead atoms. The largest absolute Gasteiger partial charge is 0.495 e. The van der Waals surface area contributed by atoms with Crippen molar-refractivity contribution in [2.45, 2.75) is 68.8 Å². The third-order valence-electron chi connectivity index (χ3n) is 8.66. The highest BCUT2D eigenvalue weighted by Gasteiger charge is 2.35. The van der Waals surface area contributed by atoms with Crippen LogP contribution < -0.4 is 10.5 Å². The maximum atomic E-state index is 15.7. The molecule has 0 aliphatic carbocycles. The van der Waals surface area contributed by atoms with Crippen molar-refractivity contribution in [2.75, 3.05) is 33.3 Å². The molecule has 0 radical (unpaired) electrons. The van der Waals surface area contributed by atoms with Crippen molar-refractivity contribution in [1.82, 2.24) is 18.8 Å². The predicted octanol–water partition coefficient (Wildman–Crippen LogP) is 8.07. The molecule has 51 heavy (non-hydrogen) atoms. The van der Waals surface area contributed by atoms with Gasteiger partial charge in [0.05, 0.1) is 28.4 Å². The zero-order valence-corrected chi connectivity index (χ0v) is 31.9. The molecule has 2 amide bonds. The van der Waals surface area contributed by atoms with E-state index in [1.54, 1.807) is 25.1 Å². The van der Waals surface area contributed by atoms with Crippen LogP contribution >= 0.6 is 23.4 Å². The van der Waals surface area contributed by atoms with Gasteiger partial charge in [-0.15, -0.1) is 0 Å². The van der Waals surface area contributed by atoms with Crippen LogP contribution in [0.15, 0.2) is 64.6 Å². The Morgan fingerprint density at radius 2 is 1.67 bits per heavy atom. The van der Waals surface area contributed by atoms with Gasteiger partial charge in [0.15, 0.2) is 5.16 Å². The normalized spacial score (nSPS) is 11.9. The number of aromatic nitrogens is 2. The second-order valence-corrected chi connectivity index (χ2v) is 15.4. The summed E-state index contributed by atoms with van der Waals surface area (Å²) in [5.74, 6) is -2.32. The molecular weight excluding hydrogens is 723 g/mol. The first-order valence-corrected chi connectivity index (χ1v) is 19.3. The Hall–Kier alpha value is -3.72. The molecule has 1 heterocycles. The van der Waals surface area contributed by atoms with Gasteiger partial charge in [-0.3, -0.25) is 0 Å². The van der Waals surface area contributed by atoms with Crippen molar-refractivity contribution in [3.8, 4) is 17.0 Å². The van der Waals surface area contributed by atoms with Gasteiger partial charge in [0.25, 0.3) is 10.0 Å². The number of benzene rings is 3. The summed E-state index contributed by atoms with van der Waals surface area (Å²) in [7, 11) is -3.07. The number of rotatable bonds is 15. The Morgan fingerprint density at radius 3 is 2.22 bits per heavy atom. The monoisotopic (exact) mass is 765 g/mol. The minimum absolute atomic E-state index is 0.229. The van der Waals surface area contributed by atoms with E-state index in [1.807, 2.05) is 37.5 Å². The minimum Gasteiger partial charge on any atom is -0.495 e. The fourth-order valence-corrected chi connectivity index (χ4v) is 8.53. The summed E-state index contributed by atoms with van der Waals surface area (Å²) in [6.45, 7) is 10.1. The Bertz CT molecular complexity index is 1950. The van der Waals surface area contributed by atoms with Crippen LogP contribution in [0, 0.1) is 17.5 Å². The molecule has 3 aromatic carbocycles. The fourth-order valence-electron chi connectivity index (χ4n) is 5.83. The van der Waals surface area contributed by atoms with Crippen molar-refractivity contribution < 1.29 is 31.1 Å². The highest BCUT2D eigenvalue weighted by Crippen LogP contribution is 2.43. The van der Waals surface area contributed by atoms with Crippen molar-refractivity contribution in [2.24, 2.45) is 5.73 Å². The van der Waals surface area contributed by atoms with Gasteiger partial charge in [-0.05, 0) is 87.8 Å². The van der Waals surface area contributed by atoms with E-state index in [0.29, 0.717) is 51.0 Å². The number of halogens is 4. The van der Waals surface area contributed by atoms with Crippen LogP contribution in [0.2, 0.25) is 5.02 Å². The van der Waals surface area contributed by atoms with Crippen LogP contribution in [0.3, 0.4) is 0 Å². The lowest BCUT2D eigenvalue weighted by Gasteiger charge is -2.29. The molecule has 0 atom stereocenters. The van der Waals surface area contributed by atoms with Crippen molar-refractivity contribution >= 4 is 39.4 Å². The maximum absolute atomic E-state index is 15.7. The van der Waals surface area contributed by atoms with Crippen molar-refractivity contribution in [3.05, 3.63) is 93.9 Å². The van der Waals surface area contributed by atoms with Gasteiger partial charge in [0.1, 0.15) is 23.2 Å². The van der Waals surface area contributed by atoms with Crippen molar-refractivity contribution in [3.63, 3.8) is 0 Å². The third kappa shape index (κ3) is 8.34. The first kappa shape index (κ1) is 40.1. The van der Waals surface area contributed by atoms with Crippen molar-refractivity contribution in [1.29, 1.82) is 0 Å². The zero-order chi connectivity index (χ0) is 37.7. The molecule has 1 aromatic heterocycles. The van der Waals surface area contributed by atoms with E-state index >= 15 is 8.78 Å². The van der Waals surface area contributed by atoms with E-state index in [1.165, 1.54) is 31.1 Å². The number of ether oxygens (including phenoxy) is 1. The lowest BCUT2D eigenvalue weighted by Crippen LogP contribution is -2.46. The average molecular weight is 766 g/mol. The van der Waals surface area contributed by atoms with Crippen LogP contribution in [-0.4, -0.2) is 66.5 Å². The van der Waals surface area contributed by atoms with Gasteiger partial charge in [0.2, 0.25) is 0 Å². The topological polar surface area (TPSA) is 111 Å². The summed E-state index contributed by atoms with van der Waals surface area (Å²) in [6, 6.07) is 12.0. The molecule has 2 N–H and O–H groups in total. The Balaban J connectivity index is 1.74. The van der Waals surface area contributed by atoms with E-state index in [4.69, 9.17) is 27.1 Å². The van der Waals surface area contributed by atoms with Gasteiger partial charge in [-0.1, -0.05) is 43.3 Å². The molecule has 0 unspecified atom stereocenters. The number of imidazole rings is 1. The molecule has 0 spiro atoms. The molecule has 0 saturated heterocycles. The molecule has 0 saturated carbocycles. The summed E-state index contributed by atoms with van der Waals surface area (Å²) < 4.78 is 80.3. The number of nitrogens with two attached hydrogens (primary N) is 1. The molecule has 0 aliphatic heterocycles. The van der Waals surface area contributed by atoms with Crippen LogP contribution in [0.5, 0.6) is 5.75 Å². The number of hydrogen-bond acceptors (Lipinski definition) is 7. The Morgan fingerprint density at radius 1 is 1.02 bits per heavy atom.